The molecule has 1 aromatic carbocycles. The Morgan fingerprint density at radius 2 is 2.06 bits per heavy atom. The zero-order chi connectivity index (χ0) is 12.5. The summed E-state index contributed by atoms with van der Waals surface area (Å²) >= 11 is 0. The van der Waals surface area contributed by atoms with Crippen LogP contribution < -0.4 is 5.73 Å². The third-order valence-corrected chi connectivity index (χ3v) is 2.86. The van der Waals surface area contributed by atoms with E-state index in [1.807, 2.05) is 30.3 Å². The third kappa shape index (κ3) is 4.89. The Balaban J connectivity index is 2.58. The first-order chi connectivity index (χ1) is 8.27. The first-order valence-corrected chi connectivity index (χ1v) is 6.11. The molecule has 0 aliphatic rings. The summed E-state index contributed by atoms with van der Waals surface area (Å²) in [6.07, 6.45) is 3.77. The van der Waals surface area contributed by atoms with E-state index in [1.54, 1.807) is 0 Å². The predicted molar refractivity (Wildman–Crippen MR) is 70.6 cm³/mol. The van der Waals surface area contributed by atoms with Gasteiger partial charge in [-0.2, -0.15) is 0 Å². The maximum absolute atomic E-state index is 8.55. The van der Waals surface area contributed by atoms with Crippen LogP contribution in [0.4, 0.5) is 0 Å². The number of nitrogens with zero attached hydrogens (tertiary/aromatic N) is 3. The van der Waals surface area contributed by atoms with Crippen LogP contribution in [0, 0.1) is 0 Å². The summed E-state index contributed by atoms with van der Waals surface area (Å²) in [5, 5.41) is 3.81. The first kappa shape index (κ1) is 13.6. The lowest BCUT2D eigenvalue weighted by Crippen LogP contribution is -2.35. The largest absolute Gasteiger partial charge is 0.327 e. The summed E-state index contributed by atoms with van der Waals surface area (Å²) in [6, 6.07) is 9.88. The van der Waals surface area contributed by atoms with Gasteiger partial charge in [0.15, 0.2) is 0 Å². The molecule has 0 aliphatic carbocycles. The lowest BCUT2D eigenvalue weighted by atomic mass is 9.97. The van der Waals surface area contributed by atoms with Crippen molar-refractivity contribution in [2.24, 2.45) is 10.8 Å². The Bertz CT molecular complexity index is 357. The van der Waals surface area contributed by atoms with Crippen LogP contribution in [0.5, 0.6) is 0 Å². The van der Waals surface area contributed by atoms with E-state index in [9.17, 15) is 0 Å². The standard InChI is InChI=1S/C13H20N4/c1-2-3-9-13(16-17-15)12(14)10-11-7-5-4-6-8-11/h4-8,12-13H,2-3,9-10,14H2,1H3/t12-,13+/m0/s1. The van der Waals surface area contributed by atoms with Crippen LogP contribution in [-0.2, 0) is 6.42 Å². The van der Waals surface area contributed by atoms with E-state index < -0.39 is 0 Å². The van der Waals surface area contributed by atoms with Gasteiger partial charge < -0.3 is 5.73 Å². The van der Waals surface area contributed by atoms with Crippen LogP contribution in [0.25, 0.3) is 10.4 Å². The molecule has 0 heterocycles. The zero-order valence-corrected chi connectivity index (χ0v) is 10.3. The Labute approximate surface area is 102 Å². The van der Waals surface area contributed by atoms with Crippen molar-refractivity contribution in [3.8, 4) is 0 Å². The highest BCUT2D eigenvalue weighted by Gasteiger charge is 2.16. The lowest BCUT2D eigenvalue weighted by Gasteiger charge is -2.19. The summed E-state index contributed by atoms with van der Waals surface area (Å²) in [4.78, 5) is 2.90. The molecule has 0 fully saturated rings. The van der Waals surface area contributed by atoms with Gasteiger partial charge in [0.05, 0.1) is 6.04 Å². The van der Waals surface area contributed by atoms with E-state index in [4.69, 9.17) is 11.3 Å². The highest BCUT2D eigenvalue weighted by Crippen LogP contribution is 2.12. The second-order valence-corrected chi connectivity index (χ2v) is 4.27. The topological polar surface area (TPSA) is 74.8 Å². The minimum absolute atomic E-state index is 0.0971. The van der Waals surface area contributed by atoms with Gasteiger partial charge in [0.2, 0.25) is 0 Å². The number of hydrogen-bond acceptors (Lipinski definition) is 2. The molecule has 0 saturated carbocycles. The molecule has 4 nitrogen and oxygen atoms in total. The second kappa shape index (κ2) is 7.71. The van der Waals surface area contributed by atoms with Crippen LogP contribution >= 0.6 is 0 Å². The number of rotatable bonds is 7. The number of hydrogen-bond donors (Lipinski definition) is 1. The van der Waals surface area contributed by atoms with Gasteiger partial charge in [-0.15, -0.1) is 0 Å². The van der Waals surface area contributed by atoms with Gasteiger partial charge in [-0.05, 0) is 23.9 Å². The molecule has 2 atom stereocenters. The molecule has 0 spiro atoms. The molecule has 0 amide bonds. The molecule has 0 unspecified atom stereocenters. The summed E-state index contributed by atoms with van der Waals surface area (Å²) < 4.78 is 0. The Kier molecular flexibility index (Phi) is 6.15. The van der Waals surface area contributed by atoms with Crippen LogP contribution in [0.1, 0.15) is 31.7 Å². The number of nitrogens with two attached hydrogens (primary N) is 1. The van der Waals surface area contributed by atoms with E-state index in [-0.39, 0.29) is 12.1 Å². The normalized spacial score (nSPS) is 13.8. The van der Waals surface area contributed by atoms with Crippen molar-refractivity contribution in [1.29, 1.82) is 0 Å². The van der Waals surface area contributed by atoms with Crippen molar-refractivity contribution < 1.29 is 0 Å². The fourth-order valence-corrected chi connectivity index (χ4v) is 1.86. The van der Waals surface area contributed by atoms with Gasteiger partial charge in [0.1, 0.15) is 0 Å². The van der Waals surface area contributed by atoms with Crippen molar-refractivity contribution in [3.05, 3.63) is 46.3 Å². The van der Waals surface area contributed by atoms with Crippen molar-refractivity contribution in [2.45, 2.75) is 44.7 Å². The monoisotopic (exact) mass is 232 g/mol. The molecular weight excluding hydrogens is 212 g/mol. The van der Waals surface area contributed by atoms with E-state index >= 15 is 0 Å². The Morgan fingerprint density at radius 1 is 1.35 bits per heavy atom. The van der Waals surface area contributed by atoms with Gasteiger partial charge in [0.25, 0.3) is 0 Å². The Hall–Kier alpha value is -1.51. The molecule has 2 N–H and O–H groups in total. The molecule has 0 radical (unpaired) electrons. The SMILES string of the molecule is CCCC[C@@H](N=[N+]=[N-])[C@@H](N)Cc1ccccc1. The molecule has 1 aromatic rings. The number of benzene rings is 1. The fraction of sp³-hybridized carbons (Fsp3) is 0.538. The lowest BCUT2D eigenvalue weighted by molar-refractivity contribution is 0.475. The maximum Gasteiger partial charge on any atom is 0.0528 e. The first-order valence-electron chi connectivity index (χ1n) is 6.11. The van der Waals surface area contributed by atoms with Crippen molar-refractivity contribution in [3.63, 3.8) is 0 Å². The van der Waals surface area contributed by atoms with E-state index in [1.165, 1.54) is 5.56 Å². The van der Waals surface area contributed by atoms with Gasteiger partial charge in [-0.1, -0.05) is 55.2 Å². The molecule has 17 heavy (non-hydrogen) atoms. The third-order valence-electron chi connectivity index (χ3n) is 2.86. The van der Waals surface area contributed by atoms with E-state index in [0.717, 1.165) is 25.7 Å². The van der Waals surface area contributed by atoms with Crippen LogP contribution in [0.15, 0.2) is 35.4 Å². The molecule has 0 bridgehead atoms. The van der Waals surface area contributed by atoms with Gasteiger partial charge in [-0.25, -0.2) is 0 Å². The van der Waals surface area contributed by atoms with Crippen molar-refractivity contribution in [2.75, 3.05) is 0 Å². The molecule has 0 saturated heterocycles. The summed E-state index contributed by atoms with van der Waals surface area (Å²) in [7, 11) is 0. The smallest absolute Gasteiger partial charge is 0.0528 e. The molecule has 4 heteroatoms. The van der Waals surface area contributed by atoms with Crippen molar-refractivity contribution >= 4 is 0 Å². The molecule has 0 aromatic heterocycles. The maximum atomic E-state index is 8.55. The van der Waals surface area contributed by atoms with Crippen LogP contribution in [0.3, 0.4) is 0 Å². The molecule has 1 rings (SSSR count). The summed E-state index contributed by atoms with van der Waals surface area (Å²) in [5.74, 6) is 0. The van der Waals surface area contributed by atoms with Gasteiger partial charge >= 0.3 is 0 Å². The van der Waals surface area contributed by atoms with Gasteiger partial charge in [-0.3, -0.25) is 0 Å². The fourth-order valence-electron chi connectivity index (χ4n) is 1.86. The molecular formula is C13H20N4. The Morgan fingerprint density at radius 3 is 2.65 bits per heavy atom. The minimum atomic E-state index is -0.0974. The average Bonchev–Trinajstić information content (AvgIpc) is 2.35. The van der Waals surface area contributed by atoms with Gasteiger partial charge in [0, 0.05) is 11.0 Å². The summed E-state index contributed by atoms with van der Waals surface area (Å²) in [5.41, 5.74) is 15.9. The zero-order valence-electron chi connectivity index (χ0n) is 10.3. The second-order valence-electron chi connectivity index (χ2n) is 4.27. The highest BCUT2D eigenvalue weighted by atomic mass is 15.2. The summed E-state index contributed by atoms with van der Waals surface area (Å²) in [6.45, 7) is 2.12. The quantitative estimate of drug-likeness (QED) is 0.436. The number of unbranched alkanes of at least 4 members (excludes halogenated alkanes) is 1. The minimum Gasteiger partial charge on any atom is -0.327 e. The molecule has 92 valence electrons. The number of azide groups is 1. The molecule has 0 aliphatic heterocycles. The van der Waals surface area contributed by atoms with Crippen molar-refractivity contribution in [1.82, 2.24) is 0 Å². The van der Waals surface area contributed by atoms with E-state index in [0.29, 0.717) is 0 Å². The average molecular weight is 232 g/mol. The predicted octanol–water partition coefficient (Wildman–Crippen LogP) is 3.43. The highest BCUT2D eigenvalue weighted by molar-refractivity contribution is 5.16. The van der Waals surface area contributed by atoms with Crippen LogP contribution in [-0.4, -0.2) is 12.1 Å². The van der Waals surface area contributed by atoms with Crippen LogP contribution in [0.2, 0.25) is 0 Å². The van der Waals surface area contributed by atoms with E-state index in [2.05, 4.69) is 16.9 Å².